The lowest BCUT2D eigenvalue weighted by Gasteiger charge is -2.17. The van der Waals surface area contributed by atoms with Crippen LogP contribution in [0.25, 0.3) is 0 Å². The molecule has 0 radical (unpaired) electrons. The van der Waals surface area contributed by atoms with Crippen LogP contribution in [0, 0.1) is 3.57 Å². The zero-order valence-corrected chi connectivity index (χ0v) is 17.2. The van der Waals surface area contributed by atoms with E-state index < -0.39 is 6.09 Å². The summed E-state index contributed by atoms with van der Waals surface area (Å²) < 4.78 is 17.0. The van der Waals surface area contributed by atoms with Crippen LogP contribution in [0.3, 0.4) is 0 Å². The molecule has 0 spiro atoms. The van der Waals surface area contributed by atoms with Crippen LogP contribution in [0.15, 0.2) is 18.3 Å². The van der Waals surface area contributed by atoms with E-state index in [2.05, 4.69) is 51.7 Å². The normalized spacial score (nSPS) is 10.5. The van der Waals surface area contributed by atoms with E-state index in [-0.39, 0.29) is 24.3 Å². The van der Waals surface area contributed by atoms with E-state index >= 15 is 0 Å². The molecule has 0 aliphatic carbocycles. The Morgan fingerprint density at radius 3 is 2.62 bits per heavy atom. The molecule has 2 aromatic rings. The van der Waals surface area contributed by atoms with Crippen LogP contribution in [0.1, 0.15) is 32.3 Å². The Morgan fingerprint density at radius 2 is 2.04 bits per heavy atom. The summed E-state index contributed by atoms with van der Waals surface area (Å²) in [6.45, 7) is 6.06. The van der Waals surface area contributed by atoms with Crippen LogP contribution < -0.4 is 20.5 Å². The zero-order valence-electron chi connectivity index (χ0n) is 15.0. The zero-order chi connectivity index (χ0) is 19.3. The van der Waals surface area contributed by atoms with Gasteiger partial charge in [0.25, 0.3) is 0 Å². The second-order valence-electron chi connectivity index (χ2n) is 5.57. The number of nitrogens with one attached hydrogen (secondary N) is 1. The molecular formula is C17H21IN4O4. The molecule has 1 amide bonds. The Bertz CT molecular complexity index is 799. The van der Waals surface area contributed by atoms with Crippen molar-refractivity contribution in [2.24, 2.45) is 0 Å². The van der Waals surface area contributed by atoms with Gasteiger partial charge in [0.1, 0.15) is 11.5 Å². The van der Waals surface area contributed by atoms with Crippen molar-refractivity contribution in [3.8, 4) is 17.2 Å². The van der Waals surface area contributed by atoms with E-state index in [4.69, 9.17) is 19.9 Å². The highest BCUT2D eigenvalue weighted by molar-refractivity contribution is 14.1. The maximum absolute atomic E-state index is 11.4. The van der Waals surface area contributed by atoms with Gasteiger partial charge in [-0.25, -0.2) is 9.78 Å². The molecule has 0 aliphatic heterocycles. The number of methoxy groups -OCH3 is 1. The number of benzene rings is 1. The van der Waals surface area contributed by atoms with Gasteiger partial charge in [-0.1, -0.05) is 13.8 Å². The molecule has 0 saturated heterocycles. The number of nitrogen functional groups attached to an aromatic ring is 1. The summed E-state index contributed by atoms with van der Waals surface area (Å²) in [6.07, 6.45) is 0.762. The highest BCUT2D eigenvalue weighted by Gasteiger charge is 2.16. The fourth-order valence-corrected chi connectivity index (χ4v) is 2.81. The van der Waals surface area contributed by atoms with Gasteiger partial charge in [0.15, 0.2) is 11.6 Å². The third-order valence-corrected chi connectivity index (χ3v) is 4.24. The topological polar surface area (TPSA) is 109 Å². The molecule has 0 bridgehead atoms. The quantitative estimate of drug-likeness (QED) is 0.608. The average molecular weight is 472 g/mol. The number of ether oxygens (including phenoxy) is 3. The number of amides is 1. The van der Waals surface area contributed by atoms with E-state index in [1.807, 2.05) is 12.1 Å². The van der Waals surface area contributed by atoms with Crippen molar-refractivity contribution in [1.29, 1.82) is 0 Å². The van der Waals surface area contributed by atoms with Gasteiger partial charge in [-0.15, -0.1) is 0 Å². The Kier molecular flexibility index (Phi) is 6.83. The summed E-state index contributed by atoms with van der Waals surface area (Å²) in [5.74, 6) is 2.07. The minimum atomic E-state index is -0.646. The van der Waals surface area contributed by atoms with Crippen LogP contribution >= 0.6 is 22.6 Å². The molecule has 0 aliphatic rings. The standard InChI is InChI=1S/C17H21IN4O4/c1-5-25-17(23)22-16-20-8-14(15(19)21-16)26-12-7-11(18)13(24-4)6-10(12)9(2)3/h6-9H,5H2,1-4H3,(H3,19,20,21,22,23). The molecule has 3 N–H and O–H groups in total. The van der Waals surface area contributed by atoms with Crippen molar-refractivity contribution >= 4 is 40.5 Å². The molecule has 1 heterocycles. The summed E-state index contributed by atoms with van der Waals surface area (Å²) in [4.78, 5) is 19.5. The van der Waals surface area contributed by atoms with Crippen molar-refractivity contribution in [2.75, 3.05) is 24.8 Å². The molecule has 0 fully saturated rings. The molecule has 26 heavy (non-hydrogen) atoms. The number of anilines is 2. The van der Waals surface area contributed by atoms with Gasteiger partial charge in [-0.05, 0) is 47.6 Å². The summed E-state index contributed by atoms with van der Waals surface area (Å²) in [5, 5.41) is 2.39. The number of aromatic nitrogens is 2. The molecule has 0 unspecified atom stereocenters. The number of nitrogens with zero attached hydrogens (tertiary/aromatic N) is 2. The van der Waals surface area contributed by atoms with Crippen molar-refractivity contribution < 1.29 is 19.0 Å². The van der Waals surface area contributed by atoms with Crippen molar-refractivity contribution in [2.45, 2.75) is 26.7 Å². The Morgan fingerprint density at radius 1 is 1.31 bits per heavy atom. The molecule has 2 rings (SSSR count). The third-order valence-electron chi connectivity index (χ3n) is 3.40. The van der Waals surface area contributed by atoms with Gasteiger partial charge in [-0.2, -0.15) is 4.98 Å². The van der Waals surface area contributed by atoms with Gasteiger partial charge < -0.3 is 19.9 Å². The van der Waals surface area contributed by atoms with Gasteiger partial charge >= 0.3 is 6.09 Å². The van der Waals surface area contributed by atoms with E-state index in [1.165, 1.54) is 6.20 Å². The monoisotopic (exact) mass is 472 g/mol. The number of rotatable bonds is 6. The predicted molar refractivity (Wildman–Crippen MR) is 107 cm³/mol. The van der Waals surface area contributed by atoms with E-state index in [1.54, 1.807) is 14.0 Å². The minimum absolute atomic E-state index is 0.0432. The summed E-state index contributed by atoms with van der Waals surface area (Å²) in [7, 11) is 1.63. The smallest absolute Gasteiger partial charge is 0.414 e. The molecule has 140 valence electrons. The summed E-state index contributed by atoms with van der Waals surface area (Å²) >= 11 is 2.17. The lowest BCUT2D eigenvalue weighted by molar-refractivity contribution is 0.167. The fourth-order valence-electron chi connectivity index (χ4n) is 2.15. The molecule has 0 atom stereocenters. The molecule has 8 nitrogen and oxygen atoms in total. The first-order valence-electron chi connectivity index (χ1n) is 7.97. The van der Waals surface area contributed by atoms with Crippen LogP contribution in [0.2, 0.25) is 0 Å². The van der Waals surface area contributed by atoms with Gasteiger partial charge in [0.05, 0.1) is 23.5 Å². The number of halogens is 1. The number of nitrogens with two attached hydrogens (primary N) is 1. The molecule has 9 heteroatoms. The minimum Gasteiger partial charge on any atom is -0.496 e. The SMILES string of the molecule is CCOC(=O)Nc1ncc(Oc2cc(I)c(OC)cc2C(C)C)c(N)n1. The van der Waals surface area contributed by atoms with E-state index in [0.717, 1.165) is 14.9 Å². The van der Waals surface area contributed by atoms with Crippen LogP contribution in [-0.4, -0.2) is 29.8 Å². The van der Waals surface area contributed by atoms with Gasteiger partial charge in [0.2, 0.25) is 5.95 Å². The average Bonchev–Trinajstić information content (AvgIpc) is 2.57. The Hall–Kier alpha value is -2.30. The van der Waals surface area contributed by atoms with Crippen molar-refractivity contribution in [1.82, 2.24) is 9.97 Å². The third kappa shape index (κ3) is 4.87. The second-order valence-corrected chi connectivity index (χ2v) is 6.73. The molecule has 0 saturated carbocycles. The summed E-state index contributed by atoms with van der Waals surface area (Å²) in [5.41, 5.74) is 6.91. The van der Waals surface area contributed by atoms with Crippen LogP contribution in [0.5, 0.6) is 17.2 Å². The summed E-state index contributed by atoms with van der Waals surface area (Å²) in [6, 6.07) is 3.81. The van der Waals surface area contributed by atoms with Crippen LogP contribution in [-0.2, 0) is 4.74 Å². The number of carbonyl (C=O) groups is 1. The van der Waals surface area contributed by atoms with E-state index in [9.17, 15) is 4.79 Å². The largest absolute Gasteiger partial charge is 0.496 e. The van der Waals surface area contributed by atoms with Crippen LogP contribution in [0.4, 0.5) is 16.6 Å². The van der Waals surface area contributed by atoms with Gasteiger partial charge in [0, 0.05) is 5.56 Å². The highest BCUT2D eigenvalue weighted by atomic mass is 127. The number of carbonyl (C=O) groups excluding carboxylic acids is 1. The highest BCUT2D eigenvalue weighted by Crippen LogP contribution is 2.37. The van der Waals surface area contributed by atoms with Crippen molar-refractivity contribution in [3.63, 3.8) is 0 Å². The van der Waals surface area contributed by atoms with Crippen molar-refractivity contribution in [3.05, 3.63) is 27.5 Å². The number of hydrogen-bond acceptors (Lipinski definition) is 7. The molecule has 1 aromatic heterocycles. The molecule has 1 aromatic carbocycles. The lowest BCUT2D eigenvalue weighted by Crippen LogP contribution is -2.16. The number of hydrogen-bond donors (Lipinski definition) is 2. The van der Waals surface area contributed by atoms with Gasteiger partial charge in [-0.3, -0.25) is 5.32 Å². The maximum atomic E-state index is 11.4. The second kappa shape index (κ2) is 8.88. The predicted octanol–water partition coefficient (Wildman–Crippen LogP) is 4.16. The first-order chi connectivity index (χ1) is 12.3. The maximum Gasteiger partial charge on any atom is 0.414 e. The molecular weight excluding hydrogens is 451 g/mol. The Balaban J connectivity index is 2.28. The first-order valence-corrected chi connectivity index (χ1v) is 9.05. The lowest BCUT2D eigenvalue weighted by atomic mass is 10.0. The first kappa shape index (κ1) is 20.0. The fraction of sp³-hybridized carbons (Fsp3) is 0.353. The Labute approximate surface area is 165 Å². The van der Waals surface area contributed by atoms with E-state index in [0.29, 0.717) is 11.5 Å².